The van der Waals surface area contributed by atoms with Crippen molar-refractivity contribution in [2.75, 3.05) is 12.4 Å². The zero-order valence-corrected chi connectivity index (χ0v) is 13.1. The summed E-state index contributed by atoms with van der Waals surface area (Å²) in [4.78, 5) is 16.3. The SMILES string of the molecule is COc1ccc(-c2csc(NC(=O)c3ccccc3)n2)c(F)c1. The van der Waals surface area contributed by atoms with Crippen molar-refractivity contribution >= 4 is 22.4 Å². The number of thiazole rings is 1. The lowest BCUT2D eigenvalue weighted by Crippen LogP contribution is -2.11. The number of ether oxygens (including phenoxy) is 1. The highest BCUT2D eigenvalue weighted by molar-refractivity contribution is 7.14. The van der Waals surface area contributed by atoms with Gasteiger partial charge in [-0.05, 0) is 24.3 Å². The van der Waals surface area contributed by atoms with Crippen LogP contribution in [0.4, 0.5) is 9.52 Å². The van der Waals surface area contributed by atoms with E-state index in [1.165, 1.54) is 24.5 Å². The maximum Gasteiger partial charge on any atom is 0.257 e. The number of methoxy groups -OCH3 is 1. The van der Waals surface area contributed by atoms with E-state index < -0.39 is 5.82 Å². The number of halogens is 1. The average Bonchev–Trinajstić information content (AvgIpc) is 3.03. The topological polar surface area (TPSA) is 51.2 Å². The highest BCUT2D eigenvalue weighted by Crippen LogP contribution is 2.29. The summed E-state index contributed by atoms with van der Waals surface area (Å²) in [5, 5.41) is 4.83. The Morgan fingerprint density at radius 3 is 2.70 bits per heavy atom. The van der Waals surface area contributed by atoms with Crippen molar-refractivity contribution in [3.63, 3.8) is 0 Å². The zero-order valence-electron chi connectivity index (χ0n) is 12.2. The normalized spacial score (nSPS) is 10.3. The minimum atomic E-state index is -0.421. The number of carbonyl (C=O) groups is 1. The molecular formula is C17H13FN2O2S. The minimum Gasteiger partial charge on any atom is -0.497 e. The molecule has 0 saturated carbocycles. The predicted molar refractivity (Wildman–Crippen MR) is 88.5 cm³/mol. The van der Waals surface area contributed by atoms with Crippen LogP contribution in [0.1, 0.15) is 10.4 Å². The third kappa shape index (κ3) is 3.37. The zero-order chi connectivity index (χ0) is 16.2. The number of benzene rings is 2. The second-order valence-electron chi connectivity index (χ2n) is 4.70. The van der Waals surface area contributed by atoms with E-state index in [2.05, 4.69) is 10.3 Å². The Labute approximate surface area is 136 Å². The van der Waals surface area contributed by atoms with Crippen LogP contribution in [0, 0.1) is 5.82 Å². The fourth-order valence-electron chi connectivity index (χ4n) is 2.04. The Kier molecular flexibility index (Phi) is 4.34. The lowest BCUT2D eigenvalue weighted by Gasteiger charge is -2.03. The van der Waals surface area contributed by atoms with Crippen LogP contribution in [-0.4, -0.2) is 18.0 Å². The largest absolute Gasteiger partial charge is 0.497 e. The van der Waals surface area contributed by atoms with Gasteiger partial charge in [-0.2, -0.15) is 0 Å². The van der Waals surface area contributed by atoms with Crippen molar-refractivity contribution in [1.29, 1.82) is 0 Å². The van der Waals surface area contributed by atoms with E-state index in [1.54, 1.807) is 41.8 Å². The van der Waals surface area contributed by atoms with Crippen LogP contribution in [0.25, 0.3) is 11.3 Å². The smallest absolute Gasteiger partial charge is 0.257 e. The quantitative estimate of drug-likeness (QED) is 0.780. The Hall–Kier alpha value is -2.73. The molecule has 116 valence electrons. The molecule has 3 rings (SSSR count). The van der Waals surface area contributed by atoms with E-state index in [9.17, 15) is 9.18 Å². The summed E-state index contributed by atoms with van der Waals surface area (Å²) in [5.74, 6) is -0.226. The molecule has 0 atom stereocenters. The Morgan fingerprint density at radius 1 is 1.22 bits per heavy atom. The fraction of sp³-hybridized carbons (Fsp3) is 0.0588. The number of nitrogens with zero attached hydrogens (tertiary/aromatic N) is 1. The first-order valence-electron chi connectivity index (χ1n) is 6.83. The molecule has 0 bridgehead atoms. The lowest BCUT2D eigenvalue weighted by atomic mass is 10.1. The van der Waals surface area contributed by atoms with Crippen LogP contribution in [0.3, 0.4) is 0 Å². The van der Waals surface area contributed by atoms with Crippen molar-refractivity contribution < 1.29 is 13.9 Å². The molecule has 1 heterocycles. The van der Waals surface area contributed by atoms with Gasteiger partial charge in [-0.3, -0.25) is 10.1 Å². The number of amides is 1. The van der Waals surface area contributed by atoms with Crippen molar-refractivity contribution in [1.82, 2.24) is 4.98 Å². The monoisotopic (exact) mass is 328 g/mol. The molecular weight excluding hydrogens is 315 g/mol. The van der Waals surface area contributed by atoms with Gasteiger partial charge < -0.3 is 4.74 Å². The van der Waals surface area contributed by atoms with Crippen molar-refractivity contribution in [3.05, 3.63) is 65.3 Å². The highest BCUT2D eigenvalue weighted by Gasteiger charge is 2.12. The minimum absolute atomic E-state index is 0.248. The summed E-state index contributed by atoms with van der Waals surface area (Å²) in [6, 6.07) is 13.4. The van der Waals surface area contributed by atoms with Crippen LogP contribution >= 0.6 is 11.3 Å². The molecule has 0 radical (unpaired) electrons. The summed E-state index contributed by atoms with van der Waals surface area (Å²) < 4.78 is 19.0. The average molecular weight is 328 g/mol. The molecule has 0 aliphatic rings. The second kappa shape index (κ2) is 6.58. The lowest BCUT2D eigenvalue weighted by molar-refractivity contribution is 0.102. The molecule has 3 aromatic rings. The third-order valence-electron chi connectivity index (χ3n) is 3.21. The number of carbonyl (C=O) groups excluding carboxylic acids is 1. The van der Waals surface area contributed by atoms with Gasteiger partial charge in [0.1, 0.15) is 11.6 Å². The van der Waals surface area contributed by atoms with E-state index in [0.29, 0.717) is 27.7 Å². The van der Waals surface area contributed by atoms with Gasteiger partial charge in [-0.1, -0.05) is 18.2 Å². The number of hydrogen-bond acceptors (Lipinski definition) is 4. The van der Waals surface area contributed by atoms with Crippen molar-refractivity contribution in [2.45, 2.75) is 0 Å². The van der Waals surface area contributed by atoms with Gasteiger partial charge in [0.15, 0.2) is 5.13 Å². The molecule has 0 aliphatic carbocycles. The molecule has 6 heteroatoms. The molecule has 0 saturated heterocycles. The first kappa shape index (κ1) is 15.2. The molecule has 23 heavy (non-hydrogen) atoms. The van der Waals surface area contributed by atoms with Crippen LogP contribution < -0.4 is 10.1 Å². The molecule has 2 aromatic carbocycles. The summed E-state index contributed by atoms with van der Waals surface area (Å²) in [6.45, 7) is 0. The van der Waals surface area contributed by atoms with Crippen LogP contribution in [0.5, 0.6) is 5.75 Å². The maximum absolute atomic E-state index is 14.1. The number of nitrogens with one attached hydrogen (secondary N) is 1. The summed E-state index contributed by atoms with van der Waals surface area (Å²) in [5.41, 5.74) is 1.38. The van der Waals surface area contributed by atoms with Gasteiger partial charge in [0.25, 0.3) is 5.91 Å². The second-order valence-corrected chi connectivity index (χ2v) is 5.56. The summed E-state index contributed by atoms with van der Waals surface area (Å²) >= 11 is 1.25. The fourth-order valence-corrected chi connectivity index (χ4v) is 2.75. The Bertz CT molecular complexity index is 834. The summed E-state index contributed by atoms with van der Waals surface area (Å²) in [7, 11) is 1.48. The summed E-state index contributed by atoms with van der Waals surface area (Å²) in [6.07, 6.45) is 0. The van der Waals surface area contributed by atoms with Crippen LogP contribution in [-0.2, 0) is 0 Å². The standard InChI is InChI=1S/C17H13FN2O2S/c1-22-12-7-8-13(14(18)9-12)15-10-23-17(19-15)20-16(21)11-5-3-2-4-6-11/h2-10H,1H3,(H,19,20,21). The van der Waals surface area contributed by atoms with Gasteiger partial charge in [-0.15, -0.1) is 11.3 Å². The first-order chi connectivity index (χ1) is 11.2. The molecule has 0 fully saturated rings. The van der Waals surface area contributed by atoms with Crippen molar-refractivity contribution in [2.24, 2.45) is 0 Å². The van der Waals surface area contributed by atoms with E-state index in [0.717, 1.165) is 0 Å². The molecule has 4 nitrogen and oxygen atoms in total. The Balaban J connectivity index is 1.80. The molecule has 0 unspecified atom stereocenters. The molecule has 0 spiro atoms. The third-order valence-corrected chi connectivity index (χ3v) is 3.97. The van der Waals surface area contributed by atoms with Gasteiger partial charge in [-0.25, -0.2) is 9.37 Å². The Morgan fingerprint density at radius 2 is 2.00 bits per heavy atom. The number of hydrogen-bond donors (Lipinski definition) is 1. The molecule has 1 amide bonds. The van der Waals surface area contributed by atoms with Gasteiger partial charge in [0.05, 0.1) is 12.8 Å². The molecule has 1 N–H and O–H groups in total. The number of anilines is 1. The van der Waals surface area contributed by atoms with E-state index in [-0.39, 0.29) is 5.91 Å². The maximum atomic E-state index is 14.1. The molecule has 0 aliphatic heterocycles. The first-order valence-corrected chi connectivity index (χ1v) is 7.71. The van der Waals surface area contributed by atoms with E-state index in [1.807, 2.05) is 6.07 Å². The van der Waals surface area contributed by atoms with Crippen molar-refractivity contribution in [3.8, 4) is 17.0 Å². The van der Waals surface area contributed by atoms with Crippen LogP contribution in [0.15, 0.2) is 53.9 Å². The predicted octanol–water partition coefficient (Wildman–Crippen LogP) is 4.21. The number of aromatic nitrogens is 1. The highest BCUT2D eigenvalue weighted by atomic mass is 32.1. The van der Waals surface area contributed by atoms with Gasteiger partial charge in [0, 0.05) is 22.6 Å². The van der Waals surface area contributed by atoms with E-state index >= 15 is 0 Å². The number of rotatable bonds is 4. The molecule has 1 aromatic heterocycles. The van der Waals surface area contributed by atoms with Gasteiger partial charge >= 0.3 is 0 Å². The van der Waals surface area contributed by atoms with Gasteiger partial charge in [0.2, 0.25) is 0 Å². The van der Waals surface area contributed by atoms with E-state index in [4.69, 9.17) is 4.74 Å². The van der Waals surface area contributed by atoms with Crippen LogP contribution in [0.2, 0.25) is 0 Å².